The van der Waals surface area contributed by atoms with Gasteiger partial charge in [0.2, 0.25) is 5.91 Å². The number of aromatic nitrogens is 3. The first-order valence-electron chi connectivity index (χ1n) is 6.20. The summed E-state index contributed by atoms with van der Waals surface area (Å²) in [7, 11) is 0. The van der Waals surface area contributed by atoms with E-state index in [1.807, 2.05) is 53.1 Å². The summed E-state index contributed by atoms with van der Waals surface area (Å²) in [5.74, 6) is 0.232. The van der Waals surface area contributed by atoms with Crippen LogP contribution in [-0.4, -0.2) is 26.3 Å². The number of pyridine rings is 1. The fourth-order valence-electron chi connectivity index (χ4n) is 1.78. The Morgan fingerprint density at radius 2 is 2.00 bits per heavy atom. The third-order valence-electron chi connectivity index (χ3n) is 2.74. The van der Waals surface area contributed by atoms with Crippen molar-refractivity contribution in [1.82, 2.24) is 14.6 Å². The molecule has 5 nitrogen and oxygen atoms in total. The monoisotopic (exact) mass is 410 g/mol. The summed E-state index contributed by atoms with van der Waals surface area (Å²) in [5, 5.41) is 11.7. The smallest absolute Gasteiger partial charge is 0.234 e. The maximum atomic E-state index is 11.9. The number of halogens is 1. The second kappa shape index (κ2) is 6.44. The minimum Gasteiger partial charge on any atom is -0.325 e. The predicted octanol–water partition coefficient (Wildman–Crippen LogP) is 3.06. The molecule has 2 heterocycles. The highest BCUT2D eigenvalue weighted by Crippen LogP contribution is 2.17. The first-order valence-corrected chi connectivity index (χ1v) is 8.27. The Hall–Kier alpha value is -1.61. The molecule has 0 saturated carbocycles. The van der Waals surface area contributed by atoms with E-state index in [0.29, 0.717) is 10.9 Å². The summed E-state index contributed by atoms with van der Waals surface area (Å²) in [4.78, 5) is 11.9. The van der Waals surface area contributed by atoms with Gasteiger partial charge in [0.05, 0.1) is 5.75 Å². The fraction of sp³-hybridized carbons (Fsp3) is 0.0714. The third-order valence-corrected chi connectivity index (χ3v) is 4.41. The maximum Gasteiger partial charge on any atom is 0.234 e. The van der Waals surface area contributed by atoms with Gasteiger partial charge in [0.1, 0.15) is 0 Å². The summed E-state index contributed by atoms with van der Waals surface area (Å²) < 4.78 is 3.00. The Morgan fingerprint density at radius 1 is 1.19 bits per heavy atom. The van der Waals surface area contributed by atoms with E-state index in [4.69, 9.17) is 0 Å². The van der Waals surface area contributed by atoms with E-state index in [9.17, 15) is 4.79 Å². The number of amides is 1. The highest BCUT2D eigenvalue weighted by Gasteiger charge is 2.08. The van der Waals surface area contributed by atoms with E-state index in [-0.39, 0.29) is 5.91 Å². The maximum absolute atomic E-state index is 11.9. The molecule has 0 bridgehead atoms. The average Bonchev–Trinajstić information content (AvgIpc) is 2.91. The van der Waals surface area contributed by atoms with Crippen LogP contribution in [0.25, 0.3) is 5.65 Å². The molecule has 0 aliphatic carbocycles. The number of rotatable bonds is 4. The van der Waals surface area contributed by atoms with Crippen molar-refractivity contribution in [2.24, 2.45) is 0 Å². The van der Waals surface area contributed by atoms with Gasteiger partial charge in [0.25, 0.3) is 0 Å². The lowest BCUT2D eigenvalue weighted by Crippen LogP contribution is -2.14. The van der Waals surface area contributed by atoms with Crippen LogP contribution >= 0.6 is 34.4 Å². The molecule has 3 rings (SSSR count). The topological polar surface area (TPSA) is 59.3 Å². The summed E-state index contributed by atoms with van der Waals surface area (Å²) in [6, 6.07) is 13.4. The Labute approximate surface area is 139 Å². The molecule has 21 heavy (non-hydrogen) atoms. The van der Waals surface area contributed by atoms with Gasteiger partial charge in [-0.1, -0.05) is 17.8 Å². The first-order chi connectivity index (χ1) is 10.2. The van der Waals surface area contributed by atoms with Crippen molar-refractivity contribution in [3.63, 3.8) is 0 Å². The molecule has 0 atom stereocenters. The number of fused-ring (bicyclic) bond motifs is 1. The van der Waals surface area contributed by atoms with Gasteiger partial charge in [-0.25, -0.2) is 0 Å². The zero-order valence-electron chi connectivity index (χ0n) is 10.9. The third kappa shape index (κ3) is 3.53. The van der Waals surface area contributed by atoms with Crippen molar-refractivity contribution >= 4 is 51.6 Å². The summed E-state index contributed by atoms with van der Waals surface area (Å²) in [6.07, 6.45) is 1.88. The predicted molar refractivity (Wildman–Crippen MR) is 91.5 cm³/mol. The molecule has 1 amide bonds. The molecular weight excluding hydrogens is 399 g/mol. The van der Waals surface area contributed by atoms with Crippen LogP contribution in [0, 0.1) is 3.57 Å². The summed E-state index contributed by atoms with van der Waals surface area (Å²) >= 11 is 3.59. The number of anilines is 1. The summed E-state index contributed by atoms with van der Waals surface area (Å²) in [5.41, 5.74) is 1.57. The van der Waals surface area contributed by atoms with E-state index in [2.05, 4.69) is 38.1 Å². The van der Waals surface area contributed by atoms with Crippen LogP contribution in [0.15, 0.2) is 53.8 Å². The van der Waals surface area contributed by atoms with Gasteiger partial charge in [-0.15, -0.1) is 10.2 Å². The second-order valence-corrected chi connectivity index (χ2v) is 6.44. The second-order valence-electron chi connectivity index (χ2n) is 4.26. The fourth-order valence-corrected chi connectivity index (χ4v) is 2.86. The molecule has 1 aromatic carbocycles. The molecular formula is C14H11IN4OS. The van der Waals surface area contributed by atoms with Crippen molar-refractivity contribution in [2.75, 3.05) is 11.1 Å². The first kappa shape index (κ1) is 14.3. The zero-order valence-corrected chi connectivity index (χ0v) is 13.8. The van der Waals surface area contributed by atoms with Crippen molar-refractivity contribution in [3.8, 4) is 0 Å². The van der Waals surface area contributed by atoms with E-state index < -0.39 is 0 Å². The molecule has 3 aromatic rings. The lowest BCUT2D eigenvalue weighted by atomic mass is 10.3. The van der Waals surface area contributed by atoms with Gasteiger partial charge in [-0.2, -0.15) is 0 Å². The Kier molecular flexibility index (Phi) is 4.39. The number of nitrogens with zero attached hydrogens (tertiary/aromatic N) is 3. The van der Waals surface area contributed by atoms with Crippen LogP contribution in [0.2, 0.25) is 0 Å². The SMILES string of the molecule is O=C(CSc1nnc2ccccn12)Nc1ccc(I)cc1. The number of hydrogen-bond donors (Lipinski definition) is 1. The largest absolute Gasteiger partial charge is 0.325 e. The van der Waals surface area contributed by atoms with Gasteiger partial charge in [0, 0.05) is 15.5 Å². The van der Waals surface area contributed by atoms with Crippen LogP contribution in [-0.2, 0) is 4.79 Å². The molecule has 7 heteroatoms. The Morgan fingerprint density at radius 3 is 2.81 bits per heavy atom. The average molecular weight is 410 g/mol. The number of carbonyl (C=O) groups excluding carboxylic acids is 1. The van der Waals surface area contributed by atoms with E-state index in [1.165, 1.54) is 11.8 Å². The van der Waals surface area contributed by atoms with Crippen LogP contribution in [0.4, 0.5) is 5.69 Å². The molecule has 0 aliphatic heterocycles. The number of nitrogens with one attached hydrogen (secondary N) is 1. The minimum absolute atomic E-state index is 0.0612. The quantitative estimate of drug-likeness (QED) is 0.531. The van der Waals surface area contributed by atoms with Crippen molar-refractivity contribution in [1.29, 1.82) is 0 Å². The van der Waals surface area contributed by atoms with E-state index in [0.717, 1.165) is 14.9 Å². The van der Waals surface area contributed by atoms with Crippen molar-refractivity contribution in [3.05, 3.63) is 52.2 Å². The van der Waals surface area contributed by atoms with Crippen LogP contribution in [0.1, 0.15) is 0 Å². The molecule has 0 spiro atoms. The molecule has 1 N–H and O–H groups in total. The highest BCUT2D eigenvalue weighted by atomic mass is 127. The summed E-state index contributed by atoms with van der Waals surface area (Å²) in [6.45, 7) is 0. The van der Waals surface area contributed by atoms with E-state index >= 15 is 0 Å². The molecule has 0 fully saturated rings. The molecule has 0 unspecified atom stereocenters. The van der Waals surface area contributed by atoms with Gasteiger partial charge >= 0.3 is 0 Å². The lowest BCUT2D eigenvalue weighted by Gasteiger charge is -2.04. The van der Waals surface area contributed by atoms with Crippen molar-refractivity contribution in [2.45, 2.75) is 5.16 Å². The van der Waals surface area contributed by atoms with Crippen LogP contribution < -0.4 is 5.32 Å². The molecule has 0 saturated heterocycles. The number of hydrogen-bond acceptors (Lipinski definition) is 4. The van der Waals surface area contributed by atoms with Gasteiger partial charge in [0.15, 0.2) is 10.8 Å². The Balaban J connectivity index is 1.62. The molecule has 2 aromatic heterocycles. The normalized spacial score (nSPS) is 10.7. The van der Waals surface area contributed by atoms with Crippen molar-refractivity contribution < 1.29 is 4.79 Å². The Bertz CT molecular complexity index is 772. The zero-order chi connectivity index (χ0) is 14.7. The van der Waals surface area contributed by atoms with Gasteiger partial charge < -0.3 is 5.32 Å². The number of benzene rings is 1. The molecule has 106 valence electrons. The standard InChI is InChI=1S/C14H11IN4OS/c15-10-4-6-11(7-5-10)16-13(20)9-21-14-18-17-12-3-1-2-8-19(12)14/h1-8H,9H2,(H,16,20). The van der Waals surface area contributed by atoms with Crippen LogP contribution in [0.5, 0.6) is 0 Å². The van der Waals surface area contributed by atoms with Crippen LogP contribution in [0.3, 0.4) is 0 Å². The minimum atomic E-state index is -0.0612. The van der Waals surface area contributed by atoms with Gasteiger partial charge in [-0.3, -0.25) is 9.20 Å². The molecule has 0 radical (unpaired) electrons. The van der Waals surface area contributed by atoms with E-state index in [1.54, 1.807) is 0 Å². The number of carbonyl (C=O) groups is 1. The molecule has 0 aliphatic rings. The number of thioether (sulfide) groups is 1. The van der Waals surface area contributed by atoms with Gasteiger partial charge in [-0.05, 0) is 59.0 Å². The lowest BCUT2D eigenvalue weighted by molar-refractivity contribution is -0.113. The highest BCUT2D eigenvalue weighted by molar-refractivity contribution is 14.1.